The van der Waals surface area contributed by atoms with Gasteiger partial charge in [0.05, 0.1) is 19.8 Å². The Bertz CT molecular complexity index is 229. The molecule has 0 bridgehead atoms. The number of aliphatic carboxylic acids is 1. The Hall–Kier alpha value is -0.650. The smallest absolute Gasteiger partial charge is 0.323 e. The van der Waals surface area contributed by atoms with E-state index in [9.17, 15) is 4.79 Å². The summed E-state index contributed by atoms with van der Waals surface area (Å²) in [5.41, 5.74) is 0. The van der Waals surface area contributed by atoms with E-state index in [-0.39, 0.29) is 6.61 Å². The normalized spacial score (nSPS) is 17.4. The van der Waals surface area contributed by atoms with Gasteiger partial charge in [-0.3, -0.25) is 10.1 Å². The SMILES string of the molecule is CC(C)COCCOCC(NC1CC1)C(=O)O. The van der Waals surface area contributed by atoms with E-state index in [4.69, 9.17) is 14.6 Å². The van der Waals surface area contributed by atoms with E-state index >= 15 is 0 Å². The summed E-state index contributed by atoms with van der Waals surface area (Å²) in [7, 11) is 0. The van der Waals surface area contributed by atoms with E-state index in [0.717, 1.165) is 12.8 Å². The molecule has 0 radical (unpaired) electrons. The van der Waals surface area contributed by atoms with Gasteiger partial charge in [-0.1, -0.05) is 13.8 Å². The van der Waals surface area contributed by atoms with Crippen LogP contribution in [0.4, 0.5) is 0 Å². The quantitative estimate of drug-likeness (QED) is 0.559. The van der Waals surface area contributed by atoms with Crippen molar-refractivity contribution >= 4 is 5.97 Å². The summed E-state index contributed by atoms with van der Waals surface area (Å²) in [4.78, 5) is 10.9. The van der Waals surface area contributed by atoms with E-state index in [1.165, 1.54) is 0 Å². The molecule has 0 spiro atoms. The largest absolute Gasteiger partial charge is 0.480 e. The molecule has 100 valence electrons. The van der Waals surface area contributed by atoms with Crippen molar-refractivity contribution < 1.29 is 19.4 Å². The summed E-state index contributed by atoms with van der Waals surface area (Å²) in [5.74, 6) is -0.335. The van der Waals surface area contributed by atoms with Gasteiger partial charge in [-0.05, 0) is 18.8 Å². The second-order valence-corrected chi connectivity index (χ2v) is 4.88. The van der Waals surface area contributed by atoms with E-state index in [0.29, 0.717) is 31.8 Å². The van der Waals surface area contributed by atoms with Gasteiger partial charge in [0.25, 0.3) is 0 Å². The highest BCUT2D eigenvalue weighted by molar-refractivity contribution is 5.73. The number of carbonyl (C=O) groups is 1. The van der Waals surface area contributed by atoms with Gasteiger partial charge in [-0.15, -0.1) is 0 Å². The molecule has 0 aromatic heterocycles. The maximum absolute atomic E-state index is 10.9. The highest BCUT2D eigenvalue weighted by Crippen LogP contribution is 2.19. The van der Waals surface area contributed by atoms with Crippen LogP contribution in [0.1, 0.15) is 26.7 Å². The average Bonchev–Trinajstić information content (AvgIpc) is 3.04. The topological polar surface area (TPSA) is 67.8 Å². The van der Waals surface area contributed by atoms with E-state index in [2.05, 4.69) is 19.2 Å². The lowest BCUT2D eigenvalue weighted by atomic mass is 10.2. The lowest BCUT2D eigenvalue weighted by molar-refractivity contribution is -0.141. The molecule has 0 heterocycles. The maximum Gasteiger partial charge on any atom is 0.323 e. The first-order valence-corrected chi connectivity index (χ1v) is 6.24. The number of carboxylic acid groups (broad SMARTS) is 1. The van der Waals surface area contributed by atoms with Crippen molar-refractivity contribution in [3.05, 3.63) is 0 Å². The molecule has 1 unspecified atom stereocenters. The van der Waals surface area contributed by atoms with Crippen molar-refractivity contribution in [2.45, 2.75) is 38.8 Å². The molecule has 2 N–H and O–H groups in total. The highest BCUT2D eigenvalue weighted by atomic mass is 16.5. The minimum absolute atomic E-state index is 0.205. The van der Waals surface area contributed by atoms with Gasteiger partial charge in [0.1, 0.15) is 6.04 Å². The van der Waals surface area contributed by atoms with Gasteiger partial charge in [0, 0.05) is 12.6 Å². The van der Waals surface area contributed by atoms with Crippen LogP contribution < -0.4 is 5.32 Å². The van der Waals surface area contributed by atoms with Gasteiger partial charge in [0.2, 0.25) is 0 Å². The monoisotopic (exact) mass is 245 g/mol. The highest BCUT2D eigenvalue weighted by Gasteiger charge is 2.28. The van der Waals surface area contributed by atoms with Gasteiger partial charge in [0.15, 0.2) is 0 Å². The first-order valence-electron chi connectivity index (χ1n) is 6.24. The molecule has 0 aromatic carbocycles. The van der Waals surface area contributed by atoms with Crippen LogP contribution in [-0.4, -0.2) is 49.6 Å². The molecule has 5 heteroatoms. The summed E-state index contributed by atoms with van der Waals surface area (Å²) < 4.78 is 10.6. The van der Waals surface area contributed by atoms with Crippen LogP contribution in [-0.2, 0) is 14.3 Å². The summed E-state index contributed by atoms with van der Waals surface area (Å²) >= 11 is 0. The van der Waals surface area contributed by atoms with Crippen LogP contribution in [0.5, 0.6) is 0 Å². The second-order valence-electron chi connectivity index (χ2n) is 4.88. The Kier molecular flexibility index (Phi) is 6.47. The fraction of sp³-hybridized carbons (Fsp3) is 0.917. The van der Waals surface area contributed by atoms with Crippen molar-refractivity contribution in [1.29, 1.82) is 0 Å². The molecule has 1 fully saturated rings. The number of rotatable bonds is 10. The van der Waals surface area contributed by atoms with Crippen LogP contribution in [0.2, 0.25) is 0 Å². The third kappa shape index (κ3) is 7.31. The fourth-order valence-electron chi connectivity index (χ4n) is 1.36. The van der Waals surface area contributed by atoms with E-state index in [1.807, 2.05) is 0 Å². The molecule has 1 rings (SSSR count). The Morgan fingerprint density at radius 2 is 1.88 bits per heavy atom. The number of carboxylic acids is 1. The number of ether oxygens (including phenoxy) is 2. The molecule has 0 aliphatic heterocycles. The standard InChI is InChI=1S/C12H23NO4/c1-9(2)7-16-5-6-17-8-11(12(14)15)13-10-3-4-10/h9-11,13H,3-8H2,1-2H3,(H,14,15). The van der Waals surface area contributed by atoms with E-state index < -0.39 is 12.0 Å². The number of hydrogen-bond donors (Lipinski definition) is 2. The predicted octanol–water partition coefficient (Wildman–Crippen LogP) is 0.881. The minimum atomic E-state index is -0.847. The Labute approximate surface area is 102 Å². The van der Waals surface area contributed by atoms with Crippen molar-refractivity contribution in [2.24, 2.45) is 5.92 Å². The Balaban J connectivity index is 2.00. The van der Waals surface area contributed by atoms with Crippen LogP contribution in [0.25, 0.3) is 0 Å². The first kappa shape index (κ1) is 14.4. The van der Waals surface area contributed by atoms with Gasteiger partial charge in [-0.2, -0.15) is 0 Å². The summed E-state index contributed by atoms with van der Waals surface area (Å²) in [6.45, 7) is 6.06. The first-order chi connectivity index (χ1) is 8.09. The molecule has 1 aliphatic rings. The summed E-state index contributed by atoms with van der Waals surface area (Å²) in [5, 5.41) is 12.0. The fourth-order valence-corrected chi connectivity index (χ4v) is 1.36. The zero-order valence-electron chi connectivity index (χ0n) is 10.6. The molecule has 5 nitrogen and oxygen atoms in total. The number of hydrogen-bond acceptors (Lipinski definition) is 4. The number of nitrogens with one attached hydrogen (secondary N) is 1. The minimum Gasteiger partial charge on any atom is -0.480 e. The second kappa shape index (κ2) is 7.63. The lowest BCUT2D eigenvalue weighted by Gasteiger charge is -2.14. The van der Waals surface area contributed by atoms with Gasteiger partial charge >= 0.3 is 5.97 Å². The molecule has 0 aromatic rings. The van der Waals surface area contributed by atoms with Crippen molar-refractivity contribution in [3.63, 3.8) is 0 Å². The third-order valence-corrected chi connectivity index (χ3v) is 2.42. The molecular formula is C12H23NO4. The van der Waals surface area contributed by atoms with Crippen molar-refractivity contribution in [1.82, 2.24) is 5.32 Å². The zero-order chi connectivity index (χ0) is 12.7. The molecule has 0 saturated heterocycles. The van der Waals surface area contributed by atoms with Gasteiger partial charge in [-0.25, -0.2) is 0 Å². The molecule has 0 amide bonds. The van der Waals surface area contributed by atoms with Crippen LogP contribution >= 0.6 is 0 Å². The Morgan fingerprint density at radius 3 is 2.35 bits per heavy atom. The molecule has 1 atom stereocenters. The molecule has 1 aliphatic carbocycles. The van der Waals surface area contributed by atoms with Crippen LogP contribution in [0.15, 0.2) is 0 Å². The molecule has 17 heavy (non-hydrogen) atoms. The van der Waals surface area contributed by atoms with E-state index in [1.54, 1.807) is 0 Å². The summed E-state index contributed by atoms with van der Waals surface area (Å²) in [6.07, 6.45) is 2.14. The Morgan fingerprint density at radius 1 is 1.29 bits per heavy atom. The molecular weight excluding hydrogens is 222 g/mol. The third-order valence-electron chi connectivity index (χ3n) is 2.42. The van der Waals surface area contributed by atoms with Crippen LogP contribution in [0.3, 0.4) is 0 Å². The predicted molar refractivity (Wildman–Crippen MR) is 64.1 cm³/mol. The molecule has 1 saturated carbocycles. The lowest BCUT2D eigenvalue weighted by Crippen LogP contribution is -2.42. The van der Waals surface area contributed by atoms with Crippen LogP contribution in [0, 0.1) is 5.92 Å². The average molecular weight is 245 g/mol. The summed E-state index contributed by atoms with van der Waals surface area (Å²) in [6, 6.07) is -0.218. The van der Waals surface area contributed by atoms with Crippen molar-refractivity contribution in [2.75, 3.05) is 26.4 Å². The van der Waals surface area contributed by atoms with Crippen molar-refractivity contribution in [3.8, 4) is 0 Å². The maximum atomic E-state index is 10.9. The zero-order valence-corrected chi connectivity index (χ0v) is 10.6. The van der Waals surface area contributed by atoms with Gasteiger partial charge < -0.3 is 14.6 Å².